The maximum absolute atomic E-state index is 6.13. The molecular formula is C23H43Br2NO. The van der Waals surface area contributed by atoms with Crippen molar-refractivity contribution < 1.29 is 27.0 Å². The molecule has 27 heavy (non-hydrogen) atoms. The van der Waals surface area contributed by atoms with Crippen LogP contribution in [-0.4, -0.2) is 25.3 Å². The van der Waals surface area contributed by atoms with Crippen LogP contribution < -0.4 is 22.3 Å². The SMILES string of the molecule is CCCCCCCCCCCCCCCCC1(CC#CBr)C[NH2+]CCO1.[Br-]. The highest BCUT2D eigenvalue weighted by molar-refractivity contribution is 9.12. The molecule has 0 aromatic heterocycles. The summed E-state index contributed by atoms with van der Waals surface area (Å²) in [5.41, 5.74) is 0.0101. The summed E-state index contributed by atoms with van der Waals surface area (Å²) < 4.78 is 6.13. The normalized spacial score (nSPS) is 19.2. The highest BCUT2D eigenvalue weighted by Crippen LogP contribution is 2.24. The summed E-state index contributed by atoms with van der Waals surface area (Å²) in [4.78, 5) is 2.86. The van der Waals surface area contributed by atoms with Gasteiger partial charge in [-0.2, -0.15) is 0 Å². The first kappa shape index (κ1) is 27.4. The zero-order valence-corrected chi connectivity index (χ0v) is 20.8. The largest absolute Gasteiger partial charge is 1.00 e. The second kappa shape index (κ2) is 19.7. The predicted molar refractivity (Wildman–Crippen MR) is 117 cm³/mol. The number of morpholine rings is 1. The van der Waals surface area contributed by atoms with Crippen LogP contribution >= 0.6 is 15.9 Å². The molecule has 4 heteroatoms. The number of hydrogen-bond donors (Lipinski definition) is 1. The lowest BCUT2D eigenvalue weighted by Gasteiger charge is -2.34. The van der Waals surface area contributed by atoms with Crippen molar-refractivity contribution in [2.45, 2.75) is 115 Å². The van der Waals surface area contributed by atoms with Gasteiger partial charge in [0.1, 0.15) is 12.1 Å². The van der Waals surface area contributed by atoms with Gasteiger partial charge in [-0.15, -0.1) is 0 Å². The van der Waals surface area contributed by atoms with Gasteiger partial charge in [-0.25, -0.2) is 0 Å². The minimum atomic E-state index is 0. The quantitative estimate of drug-likeness (QED) is 0.252. The van der Waals surface area contributed by atoms with Crippen LogP contribution in [0.4, 0.5) is 0 Å². The molecule has 0 saturated carbocycles. The number of hydrogen-bond acceptors (Lipinski definition) is 1. The van der Waals surface area contributed by atoms with E-state index in [1.165, 1.54) is 96.3 Å². The minimum Gasteiger partial charge on any atom is -1.00 e. The molecule has 1 fully saturated rings. The molecule has 2 N–H and O–H groups in total. The van der Waals surface area contributed by atoms with Gasteiger partial charge in [0.2, 0.25) is 0 Å². The number of quaternary nitrogens is 1. The van der Waals surface area contributed by atoms with Crippen molar-refractivity contribution >= 4 is 15.9 Å². The van der Waals surface area contributed by atoms with E-state index in [-0.39, 0.29) is 22.6 Å². The zero-order valence-electron chi connectivity index (χ0n) is 17.7. The van der Waals surface area contributed by atoms with Gasteiger partial charge in [0.25, 0.3) is 0 Å². The molecule has 1 unspecified atom stereocenters. The Hall–Kier alpha value is 0.440. The molecular weight excluding hydrogens is 466 g/mol. The molecule has 0 aromatic rings. The van der Waals surface area contributed by atoms with Crippen LogP contribution in [-0.2, 0) is 4.74 Å². The maximum Gasteiger partial charge on any atom is 0.128 e. The minimum absolute atomic E-state index is 0. The smallest absolute Gasteiger partial charge is 0.128 e. The van der Waals surface area contributed by atoms with Crippen LogP contribution in [0.25, 0.3) is 0 Å². The van der Waals surface area contributed by atoms with Crippen molar-refractivity contribution in [3.8, 4) is 10.8 Å². The molecule has 0 radical (unpaired) electrons. The van der Waals surface area contributed by atoms with E-state index < -0.39 is 0 Å². The van der Waals surface area contributed by atoms with E-state index in [1.807, 2.05) is 0 Å². The van der Waals surface area contributed by atoms with Gasteiger partial charge in [0.05, 0.1) is 13.2 Å². The molecule has 1 heterocycles. The van der Waals surface area contributed by atoms with Gasteiger partial charge in [-0.3, -0.25) is 0 Å². The summed E-state index contributed by atoms with van der Waals surface area (Å²) >= 11 is 3.22. The summed E-state index contributed by atoms with van der Waals surface area (Å²) in [5, 5.41) is 2.39. The van der Waals surface area contributed by atoms with Crippen molar-refractivity contribution in [2.75, 3.05) is 19.7 Å². The lowest BCUT2D eigenvalue weighted by Crippen LogP contribution is -3.00. The summed E-state index contributed by atoms with van der Waals surface area (Å²) in [5.74, 6) is 3.18. The third-order valence-electron chi connectivity index (χ3n) is 5.71. The van der Waals surface area contributed by atoms with Gasteiger partial charge in [-0.1, -0.05) is 103 Å². The molecule has 1 atom stereocenters. The van der Waals surface area contributed by atoms with Crippen LogP contribution in [0, 0.1) is 10.8 Å². The van der Waals surface area contributed by atoms with E-state index in [2.05, 4.69) is 38.9 Å². The monoisotopic (exact) mass is 507 g/mol. The zero-order chi connectivity index (χ0) is 18.8. The molecule has 1 saturated heterocycles. The third-order valence-corrected chi connectivity index (χ3v) is 5.99. The number of halogens is 2. The van der Waals surface area contributed by atoms with E-state index in [0.717, 1.165) is 26.1 Å². The summed E-state index contributed by atoms with van der Waals surface area (Å²) in [6, 6.07) is 0. The molecule has 160 valence electrons. The Morgan fingerprint density at radius 3 is 1.81 bits per heavy atom. The molecule has 0 amide bonds. The molecule has 0 spiro atoms. The molecule has 0 aliphatic carbocycles. The fourth-order valence-electron chi connectivity index (χ4n) is 4.00. The number of ether oxygens (including phenoxy) is 1. The van der Waals surface area contributed by atoms with E-state index in [1.54, 1.807) is 0 Å². The fourth-order valence-corrected chi connectivity index (χ4v) is 4.15. The molecule has 0 aromatic carbocycles. The second-order valence-corrected chi connectivity index (χ2v) is 8.50. The van der Waals surface area contributed by atoms with E-state index in [4.69, 9.17) is 4.74 Å². The number of rotatable bonds is 16. The highest BCUT2D eigenvalue weighted by atomic mass is 79.9. The van der Waals surface area contributed by atoms with E-state index in [9.17, 15) is 0 Å². The Labute approximate surface area is 188 Å². The Morgan fingerprint density at radius 2 is 1.37 bits per heavy atom. The third kappa shape index (κ3) is 15.0. The topological polar surface area (TPSA) is 25.8 Å². The van der Waals surface area contributed by atoms with Gasteiger partial charge < -0.3 is 27.0 Å². The Kier molecular flexibility index (Phi) is 20.1. The van der Waals surface area contributed by atoms with Gasteiger partial charge >= 0.3 is 0 Å². The lowest BCUT2D eigenvalue weighted by molar-refractivity contribution is -0.686. The number of unbranched alkanes of at least 4 members (excludes halogenated alkanes) is 13. The lowest BCUT2D eigenvalue weighted by atomic mass is 9.91. The van der Waals surface area contributed by atoms with Crippen molar-refractivity contribution in [3.05, 3.63) is 0 Å². The molecule has 2 nitrogen and oxygen atoms in total. The van der Waals surface area contributed by atoms with Crippen molar-refractivity contribution in [3.63, 3.8) is 0 Å². The molecule has 1 aliphatic rings. The predicted octanol–water partition coefficient (Wildman–Crippen LogP) is 2.94. The van der Waals surface area contributed by atoms with Gasteiger partial charge in [0.15, 0.2) is 0 Å². The molecule has 1 rings (SSSR count). The molecule has 1 aliphatic heterocycles. The van der Waals surface area contributed by atoms with Crippen LogP contribution in [0.15, 0.2) is 0 Å². The summed E-state index contributed by atoms with van der Waals surface area (Å²) in [6.07, 6.45) is 21.9. The van der Waals surface area contributed by atoms with Crippen molar-refractivity contribution in [1.82, 2.24) is 0 Å². The first-order chi connectivity index (χ1) is 12.8. The first-order valence-electron chi connectivity index (χ1n) is 11.4. The molecule has 0 bridgehead atoms. The maximum atomic E-state index is 6.13. The highest BCUT2D eigenvalue weighted by Gasteiger charge is 2.34. The van der Waals surface area contributed by atoms with Crippen LogP contribution in [0.2, 0.25) is 0 Å². The second-order valence-electron chi connectivity index (χ2n) is 8.11. The summed E-state index contributed by atoms with van der Waals surface area (Å²) in [7, 11) is 0. The Morgan fingerprint density at radius 1 is 0.852 bits per heavy atom. The van der Waals surface area contributed by atoms with Crippen LogP contribution in [0.5, 0.6) is 0 Å². The van der Waals surface area contributed by atoms with Gasteiger partial charge in [-0.05, 0) is 11.3 Å². The van der Waals surface area contributed by atoms with Crippen molar-refractivity contribution in [1.29, 1.82) is 0 Å². The van der Waals surface area contributed by atoms with Crippen LogP contribution in [0.1, 0.15) is 110 Å². The van der Waals surface area contributed by atoms with E-state index >= 15 is 0 Å². The fraction of sp³-hybridized carbons (Fsp3) is 0.913. The van der Waals surface area contributed by atoms with Crippen molar-refractivity contribution in [2.24, 2.45) is 0 Å². The number of nitrogens with two attached hydrogens (primary N) is 1. The Bertz CT molecular complexity index is 372. The van der Waals surface area contributed by atoms with Crippen LogP contribution in [0.3, 0.4) is 0 Å². The Balaban J connectivity index is 0.00000676. The standard InChI is InChI=1S/C23H42BrNO.BrH/c1-2-3-4-5-6-7-8-9-10-11-12-13-14-15-17-23(18-16-19-24)22-25-20-21-26-23;/h25H,2-15,17-18,20-22H2,1H3;1H. The average Bonchev–Trinajstić information content (AvgIpc) is 2.67. The summed E-state index contributed by atoms with van der Waals surface area (Å²) in [6.45, 7) is 5.35. The average molecular weight is 509 g/mol. The first-order valence-corrected chi connectivity index (χ1v) is 12.2. The van der Waals surface area contributed by atoms with E-state index in [0.29, 0.717) is 0 Å². The van der Waals surface area contributed by atoms with Gasteiger partial charge in [0, 0.05) is 22.4 Å².